The van der Waals surface area contributed by atoms with Crippen molar-refractivity contribution in [3.8, 4) is 17.0 Å². The first-order valence-electron chi connectivity index (χ1n) is 4.15. The van der Waals surface area contributed by atoms with Gasteiger partial charge < -0.3 is 5.11 Å². The Labute approximate surface area is 86.6 Å². The molecule has 0 atom stereocenters. The summed E-state index contributed by atoms with van der Waals surface area (Å²) in [6.07, 6.45) is 1.74. The van der Waals surface area contributed by atoms with E-state index < -0.39 is 0 Å². The van der Waals surface area contributed by atoms with Crippen molar-refractivity contribution >= 4 is 11.6 Å². The summed E-state index contributed by atoms with van der Waals surface area (Å²) >= 11 is 5.97. The Bertz CT molecular complexity index is 448. The van der Waals surface area contributed by atoms with Gasteiger partial charge in [0, 0.05) is 18.8 Å². The van der Waals surface area contributed by atoms with Crippen molar-refractivity contribution in [2.24, 2.45) is 7.05 Å². The maximum absolute atomic E-state index is 9.12. The van der Waals surface area contributed by atoms with Crippen molar-refractivity contribution < 1.29 is 5.11 Å². The molecule has 14 heavy (non-hydrogen) atoms. The minimum Gasteiger partial charge on any atom is -0.508 e. The molecule has 0 amide bonds. The number of benzene rings is 1. The van der Waals surface area contributed by atoms with Gasteiger partial charge in [0.15, 0.2) is 0 Å². The molecule has 0 radical (unpaired) electrons. The van der Waals surface area contributed by atoms with Crippen LogP contribution in [0.15, 0.2) is 30.5 Å². The highest BCUT2D eigenvalue weighted by molar-refractivity contribution is 6.32. The van der Waals surface area contributed by atoms with E-state index in [-0.39, 0.29) is 5.75 Å². The van der Waals surface area contributed by atoms with Crippen LogP contribution in [0.3, 0.4) is 0 Å². The summed E-state index contributed by atoms with van der Waals surface area (Å²) in [7, 11) is 1.82. The number of aromatic nitrogens is 2. The maximum Gasteiger partial charge on any atom is 0.115 e. The Morgan fingerprint density at radius 1 is 1.29 bits per heavy atom. The summed E-state index contributed by atoms with van der Waals surface area (Å²) in [6, 6.07) is 6.79. The Kier molecular flexibility index (Phi) is 2.17. The van der Waals surface area contributed by atoms with Crippen LogP contribution in [-0.4, -0.2) is 14.9 Å². The van der Waals surface area contributed by atoms with Crippen molar-refractivity contribution in [3.05, 3.63) is 35.5 Å². The maximum atomic E-state index is 9.12. The molecule has 3 nitrogen and oxygen atoms in total. The molecular formula is C10H9ClN2O. The average molecular weight is 209 g/mol. The highest BCUT2D eigenvalue weighted by Crippen LogP contribution is 2.26. The number of hydrogen-bond acceptors (Lipinski definition) is 2. The van der Waals surface area contributed by atoms with Crippen LogP contribution in [0.2, 0.25) is 5.02 Å². The van der Waals surface area contributed by atoms with Crippen LogP contribution in [0.4, 0.5) is 0 Å². The van der Waals surface area contributed by atoms with Crippen molar-refractivity contribution in [1.82, 2.24) is 9.78 Å². The Morgan fingerprint density at radius 3 is 2.43 bits per heavy atom. The number of hydrogen-bond donors (Lipinski definition) is 1. The van der Waals surface area contributed by atoms with Gasteiger partial charge in [-0.15, -0.1) is 0 Å². The predicted molar refractivity (Wildman–Crippen MR) is 55.3 cm³/mol. The lowest BCUT2D eigenvalue weighted by molar-refractivity contribution is 0.475. The summed E-state index contributed by atoms with van der Waals surface area (Å²) < 4.78 is 1.66. The number of aromatic hydroxyl groups is 1. The fourth-order valence-corrected chi connectivity index (χ4v) is 1.56. The molecule has 0 unspecified atom stereocenters. The van der Waals surface area contributed by atoms with E-state index in [2.05, 4.69) is 5.10 Å². The second-order valence-corrected chi connectivity index (χ2v) is 3.45. The molecule has 0 aliphatic carbocycles. The van der Waals surface area contributed by atoms with Crippen molar-refractivity contribution in [1.29, 1.82) is 0 Å². The van der Waals surface area contributed by atoms with E-state index in [0.29, 0.717) is 5.02 Å². The third kappa shape index (κ3) is 1.59. The zero-order chi connectivity index (χ0) is 10.1. The van der Waals surface area contributed by atoms with Crippen LogP contribution in [-0.2, 0) is 7.05 Å². The molecule has 0 saturated heterocycles. The molecule has 0 saturated carbocycles. The largest absolute Gasteiger partial charge is 0.508 e. The zero-order valence-electron chi connectivity index (χ0n) is 7.61. The number of phenolic OH excluding ortho intramolecular Hbond substituents is 1. The standard InChI is InChI=1S/C10H9ClN2O/c1-13-6-9(11)10(12-13)7-2-4-8(14)5-3-7/h2-6,14H,1H3. The fraction of sp³-hybridized carbons (Fsp3) is 0.100. The lowest BCUT2D eigenvalue weighted by Gasteiger charge is -1.97. The van der Waals surface area contributed by atoms with Gasteiger partial charge in [-0.05, 0) is 24.3 Å². The third-order valence-corrected chi connectivity index (χ3v) is 2.20. The molecule has 1 aromatic carbocycles. The van der Waals surface area contributed by atoms with E-state index in [0.717, 1.165) is 11.3 Å². The minimum atomic E-state index is 0.237. The lowest BCUT2D eigenvalue weighted by atomic mass is 10.1. The van der Waals surface area contributed by atoms with Crippen molar-refractivity contribution in [3.63, 3.8) is 0 Å². The summed E-state index contributed by atoms with van der Waals surface area (Å²) in [6.45, 7) is 0. The molecule has 1 N–H and O–H groups in total. The number of halogens is 1. The smallest absolute Gasteiger partial charge is 0.115 e. The molecule has 0 aliphatic heterocycles. The number of phenols is 1. The molecular weight excluding hydrogens is 200 g/mol. The topological polar surface area (TPSA) is 38.0 Å². The summed E-state index contributed by atoms with van der Waals surface area (Å²) in [5.41, 5.74) is 1.63. The first-order chi connectivity index (χ1) is 6.66. The summed E-state index contributed by atoms with van der Waals surface area (Å²) in [5.74, 6) is 0.237. The van der Waals surface area contributed by atoms with Gasteiger partial charge in [0.1, 0.15) is 11.4 Å². The Balaban J connectivity index is 2.49. The molecule has 1 heterocycles. The van der Waals surface area contributed by atoms with E-state index >= 15 is 0 Å². The van der Waals surface area contributed by atoms with E-state index in [1.54, 1.807) is 35.1 Å². The molecule has 0 bridgehead atoms. The van der Waals surface area contributed by atoms with E-state index in [9.17, 15) is 0 Å². The highest BCUT2D eigenvalue weighted by Gasteiger charge is 2.07. The quantitative estimate of drug-likeness (QED) is 0.782. The van der Waals surface area contributed by atoms with Crippen LogP contribution in [0.25, 0.3) is 11.3 Å². The monoisotopic (exact) mass is 208 g/mol. The fourth-order valence-electron chi connectivity index (χ4n) is 1.27. The molecule has 1 aromatic heterocycles. The van der Waals surface area contributed by atoms with Crippen LogP contribution in [0.1, 0.15) is 0 Å². The molecule has 2 aromatic rings. The van der Waals surface area contributed by atoms with Crippen LogP contribution < -0.4 is 0 Å². The summed E-state index contributed by atoms with van der Waals surface area (Å²) in [5, 5.41) is 13.9. The van der Waals surface area contributed by atoms with Crippen LogP contribution in [0, 0.1) is 0 Å². The van der Waals surface area contributed by atoms with Gasteiger partial charge in [0.05, 0.1) is 5.02 Å². The minimum absolute atomic E-state index is 0.237. The van der Waals surface area contributed by atoms with Crippen molar-refractivity contribution in [2.75, 3.05) is 0 Å². The van der Waals surface area contributed by atoms with Gasteiger partial charge in [-0.1, -0.05) is 11.6 Å². The van der Waals surface area contributed by atoms with Gasteiger partial charge in [0.2, 0.25) is 0 Å². The molecule has 2 rings (SSSR count). The van der Waals surface area contributed by atoms with Crippen LogP contribution >= 0.6 is 11.6 Å². The van der Waals surface area contributed by atoms with Gasteiger partial charge in [-0.3, -0.25) is 4.68 Å². The predicted octanol–water partition coefficient (Wildman–Crippen LogP) is 2.45. The SMILES string of the molecule is Cn1cc(Cl)c(-c2ccc(O)cc2)n1. The van der Waals surface area contributed by atoms with Gasteiger partial charge in [-0.2, -0.15) is 5.10 Å². The van der Waals surface area contributed by atoms with E-state index in [1.807, 2.05) is 7.05 Å². The van der Waals surface area contributed by atoms with Crippen molar-refractivity contribution in [2.45, 2.75) is 0 Å². The Morgan fingerprint density at radius 2 is 1.93 bits per heavy atom. The Hall–Kier alpha value is -1.48. The second-order valence-electron chi connectivity index (χ2n) is 3.05. The first kappa shape index (κ1) is 9.09. The lowest BCUT2D eigenvalue weighted by Crippen LogP contribution is -1.87. The highest BCUT2D eigenvalue weighted by atomic mass is 35.5. The van der Waals surface area contributed by atoms with Gasteiger partial charge in [-0.25, -0.2) is 0 Å². The first-order valence-corrected chi connectivity index (χ1v) is 4.53. The molecule has 0 fully saturated rings. The zero-order valence-corrected chi connectivity index (χ0v) is 8.36. The molecule has 0 spiro atoms. The van der Waals surface area contributed by atoms with Crippen LogP contribution in [0.5, 0.6) is 5.75 Å². The number of rotatable bonds is 1. The molecule has 0 aliphatic rings. The van der Waals surface area contributed by atoms with Gasteiger partial charge >= 0.3 is 0 Å². The third-order valence-electron chi connectivity index (χ3n) is 1.92. The molecule has 72 valence electrons. The molecule has 4 heteroatoms. The normalized spacial score (nSPS) is 10.4. The second kappa shape index (κ2) is 3.35. The average Bonchev–Trinajstić information content (AvgIpc) is 2.47. The number of aryl methyl sites for hydroxylation is 1. The van der Waals surface area contributed by atoms with E-state index in [1.165, 1.54) is 0 Å². The van der Waals surface area contributed by atoms with E-state index in [4.69, 9.17) is 16.7 Å². The van der Waals surface area contributed by atoms with Gasteiger partial charge in [0.25, 0.3) is 0 Å². The summed E-state index contributed by atoms with van der Waals surface area (Å²) in [4.78, 5) is 0. The number of nitrogens with zero attached hydrogens (tertiary/aromatic N) is 2.